The monoisotopic (exact) mass is 304 g/mol. The SMILES string of the molecule is COc1cccc(-c2nc(C)c(CC(=O)NC(C)C)s2)c1. The highest BCUT2D eigenvalue weighted by Gasteiger charge is 2.13. The molecule has 2 rings (SSSR count). The number of benzene rings is 1. The van der Waals surface area contributed by atoms with Crippen LogP contribution in [0.25, 0.3) is 10.6 Å². The van der Waals surface area contributed by atoms with Crippen LogP contribution >= 0.6 is 11.3 Å². The molecule has 0 unspecified atom stereocenters. The molecular weight excluding hydrogens is 284 g/mol. The summed E-state index contributed by atoms with van der Waals surface area (Å²) in [6.45, 7) is 5.86. The van der Waals surface area contributed by atoms with Crippen LogP contribution in [0, 0.1) is 6.92 Å². The number of methoxy groups -OCH3 is 1. The Labute approximate surface area is 129 Å². The molecule has 1 aromatic carbocycles. The first-order valence-electron chi connectivity index (χ1n) is 6.89. The highest BCUT2D eigenvalue weighted by molar-refractivity contribution is 7.15. The standard InChI is InChI=1S/C16H20N2O2S/c1-10(2)17-15(19)9-14-11(3)18-16(21-14)12-6-5-7-13(8-12)20-4/h5-8,10H,9H2,1-4H3,(H,17,19). The Morgan fingerprint density at radius 3 is 2.86 bits per heavy atom. The van der Waals surface area contributed by atoms with Gasteiger partial charge in [-0.05, 0) is 32.9 Å². The van der Waals surface area contributed by atoms with Gasteiger partial charge in [0.05, 0.1) is 19.2 Å². The Balaban J connectivity index is 2.20. The lowest BCUT2D eigenvalue weighted by atomic mass is 10.2. The number of hydrogen-bond acceptors (Lipinski definition) is 4. The third-order valence-corrected chi connectivity index (χ3v) is 4.19. The van der Waals surface area contributed by atoms with Gasteiger partial charge in [-0.25, -0.2) is 4.98 Å². The maximum Gasteiger partial charge on any atom is 0.225 e. The van der Waals surface area contributed by atoms with Crippen molar-refractivity contribution in [2.45, 2.75) is 33.2 Å². The molecule has 112 valence electrons. The molecule has 0 bridgehead atoms. The molecule has 1 N–H and O–H groups in total. The Morgan fingerprint density at radius 2 is 2.19 bits per heavy atom. The first-order chi connectivity index (χ1) is 9.99. The second-order valence-corrected chi connectivity index (χ2v) is 6.24. The van der Waals surface area contributed by atoms with Crippen LogP contribution in [0.15, 0.2) is 24.3 Å². The Kier molecular flexibility index (Phi) is 4.96. The van der Waals surface area contributed by atoms with Crippen molar-refractivity contribution in [2.24, 2.45) is 0 Å². The molecule has 0 saturated heterocycles. The number of thiazole rings is 1. The van der Waals surface area contributed by atoms with E-state index in [4.69, 9.17) is 4.74 Å². The van der Waals surface area contributed by atoms with Crippen molar-refractivity contribution >= 4 is 17.2 Å². The number of carbonyl (C=O) groups excluding carboxylic acids is 1. The largest absolute Gasteiger partial charge is 0.497 e. The van der Waals surface area contributed by atoms with Crippen LogP contribution in [0.2, 0.25) is 0 Å². The van der Waals surface area contributed by atoms with Crippen LogP contribution in [0.1, 0.15) is 24.4 Å². The summed E-state index contributed by atoms with van der Waals surface area (Å²) in [6.07, 6.45) is 0.381. The van der Waals surface area contributed by atoms with Gasteiger partial charge in [0.1, 0.15) is 10.8 Å². The van der Waals surface area contributed by atoms with Gasteiger partial charge in [-0.1, -0.05) is 12.1 Å². The molecule has 0 radical (unpaired) electrons. The minimum Gasteiger partial charge on any atom is -0.497 e. The van der Waals surface area contributed by atoms with Gasteiger partial charge in [0.2, 0.25) is 5.91 Å². The fourth-order valence-corrected chi connectivity index (χ4v) is 3.05. The number of nitrogens with zero attached hydrogens (tertiary/aromatic N) is 1. The molecule has 4 nitrogen and oxygen atoms in total. The second kappa shape index (κ2) is 6.72. The molecule has 0 fully saturated rings. The number of rotatable bonds is 5. The van der Waals surface area contributed by atoms with Crippen LogP contribution in [-0.4, -0.2) is 24.0 Å². The molecule has 0 atom stereocenters. The van der Waals surface area contributed by atoms with E-state index in [2.05, 4.69) is 10.3 Å². The van der Waals surface area contributed by atoms with Crippen molar-refractivity contribution in [1.82, 2.24) is 10.3 Å². The van der Waals surface area contributed by atoms with E-state index < -0.39 is 0 Å². The van der Waals surface area contributed by atoms with Crippen molar-refractivity contribution < 1.29 is 9.53 Å². The lowest BCUT2D eigenvalue weighted by Gasteiger charge is -2.07. The van der Waals surface area contributed by atoms with E-state index in [1.54, 1.807) is 18.4 Å². The zero-order valence-corrected chi connectivity index (χ0v) is 13.6. The van der Waals surface area contributed by atoms with Crippen molar-refractivity contribution in [2.75, 3.05) is 7.11 Å². The van der Waals surface area contributed by atoms with Gasteiger partial charge < -0.3 is 10.1 Å². The molecule has 1 aromatic heterocycles. The van der Waals surface area contributed by atoms with Crippen molar-refractivity contribution in [3.63, 3.8) is 0 Å². The smallest absolute Gasteiger partial charge is 0.225 e. The molecule has 0 aliphatic carbocycles. The van der Waals surface area contributed by atoms with Crippen molar-refractivity contribution in [3.8, 4) is 16.3 Å². The Hall–Kier alpha value is -1.88. The highest BCUT2D eigenvalue weighted by Crippen LogP contribution is 2.30. The average Bonchev–Trinajstić information content (AvgIpc) is 2.79. The fourth-order valence-electron chi connectivity index (χ4n) is 1.99. The van der Waals surface area contributed by atoms with E-state index >= 15 is 0 Å². The molecule has 0 spiro atoms. The molecule has 5 heteroatoms. The normalized spacial score (nSPS) is 10.7. The minimum absolute atomic E-state index is 0.0361. The number of hydrogen-bond donors (Lipinski definition) is 1. The zero-order valence-electron chi connectivity index (χ0n) is 12.8. The van der Waals surface area contributed by atoms with Crippen LogP contribution in [0.5, 0.6) is 5.75 Å². The first kappa shape index (κ1) is 15.5. The van der Waals surface area contributed by atoms with Gasteiger partial charge in [0.15, 0.2) is 0 Å². The van der Waals surface area contributed by atoms with E-state index in [1.165, 1.54) is 0 Å². The number of aromatic nitrogens is 1. The summed E-state index contributed by atoms with van der Waals surface area (Å²) in [4.78, 5) is 17.4. The van der Waals surface area contributed by atoms with E-state index in [0.29, 0.717) is 6.42 Å². The summed E-state index contributed by atoms with van der Waals surface area (Å²) >= 11 is 1.56. The number of nitrogens with one attached hydrogen (secondary N) is 1. The van der Waals surface area contributed by atoms with Crippen LogP contribution in [0.4, 0.5) is 0 Å². The van der Waals surface area contributed by atoms with E-state index in [9.17, 15) is 4.79 Å². The maximum absolute atomic E-state index is 11.9. The molecule has 2 aromatic rings. The summed E-state index contributed by atoms with van der Waals surface area (Å²) in [7, 11) is 1.65. The first-order valence-corrected chi connectivity index (χ1v) is 7.71. The molecule has 0 aliphatic rings. The second-order valence-electron chi connectivity index (χ2n) is 5.16. The Morgan fingerprint density at radius 1 is 1.43 bits per heavy atom. The quantitative estimate of drug-likeness (QED) is 0.923. The van der Waals surface area contributed by atoms with Gasteiger partial charge in [0, 0.05) is 16.5 Å². The number of ether oxygens (including phenoxy) is 1. The molecule has 21 heavy (non-hydrogen) atoms. The lowest BCUT2D eigenvalue weighted by Crippen LogP contribution is -2.31. The van der Waals surface area contributed by atoms with Gasteiger partial charge in [0.25, 0.3) is 0 Å². The minimum atomic E-state index is 0.0361. The number of amides is 1. The van der Waals surface area contributed by atoms with Gasteiger partial charge in [-0.2, -0.15) is 0 Å². The topological polar surface area (TPSA) is 51.2 Å². The lowest BCUT2D eigenvalue weighted by molar-refractivity contribution is -0.120. The van der Waals surface area contributed by atoms with Gasteiger partial charge in [-0.15, -0.1) is 11.3 Å². The van der Waals surface area contributed by atoms with E-state index in [-0.39, 0.29) is 11.9 Å². The highest BCUT2D eigenvalue weighted by atomic mass is 32.1. The molecule has 0 aliphatic heterocycles. The van der Waals surface area contributed by atoms with Gasteiger partial charge in [-0.3, -0.25) is 4.79 Å². The summed E-state index contributed by atoms with van der Waals surface area (Å²) in [5.41, 5.74) is 1.93. The number of carbonyl (C=O) groups is 1. The predicted octanol–water partition coefficient (Wildman–Crippen LogP) is 3.19. The van der Waals surface area contributed by atoms with E-state index in [1.807, 2.05) is 45.0 Å². The van der Waals surface area contributed by atoms with Crippen molar-refractivity contribution in [1.29, 1.82) is 0 Å². The maximum atomic E-state index is 11.9. The summed E-state index contributed by atoms with van der Waals surface area (Å²) in [5, 5.41) is 3.82. The summed E-state index contributed by atoms with van der Waals surface area (Å²) in [6, 6.07) is 7.95. The predicted molar refractivity (Wildman–Crippen MR) is 85.8 cm³/mol. The molecule has 1 heterocycles. The third-order valence-electron chi connectivity index (χ3n) is 2.98. The van der Waals surface area contributed by atoms with E-state index in [0.717, 1.165) is 26.9 Å². The zero-order chi connectivity index (χ0) is 15.4. The van der Waals surface area contributed by atoms with Crippen molar-refractivity contribution in [3.05, 3.63) is 34.8 Å². The molecular formula is C16H20N2O2S. The fraction of sp³-hybridized carbons (Fsp3) is 0.375. The van der Waals surface area contributed by atoms with Crippen LogP contribution in [0.3, 0.4) is 0 Å². The Bertz CT molecular complexity index is 635. The summed E-state index contributed by atoms with van der Waals surface area (Å²) < 4.78 is 5.23. The number of aryl methyl sites for hydroxylation is 1. The third kappa shape index (κ3) is 4.04. The molecule has 0 saturated carbocycles. The van der Waals surface area contributed by atoms with Gasteiger partial charge >= 0.3 is 0 Å². The van der Waals surface area contributed by atoms with Crippen LogP contribution in [-0.2, 0) is 11.2 Å². The average molecular weight is 304 g/mol. The summed E-state index contributed by atoms with van der Waals surface area (Å²) in [5.74, 6) is 0.841. The van der Waals surface area contributed by atoms with Crippen LogP contribution < -0.4 is 10.1 Å². The molecule has 1 amide bonds.